The molecule has 3 aromatic rings. The normalized spacial score (nSPS) is 10.3. The second-order valence-corrected chi connectivity index (χ2v) is 6.38. The summed E-state index contributed by atoms with van der Waals surface area (Å²) in [4.78, 5) is 12.2. The Labute approximate surface area is 166 Å². The van der Waals surface area contributed by atoms with Crippen LogP contribution in [0.2, 0.25) is 0 Å². The van der Waals surface area contributed by atoms with E-state index in [4.69, 9.17) is 9.47 Å². The summed E-state index contributed by atoms with van der Waals surface area (Å²) in [6.45, 7) is 1.78. The molecule has 0 unspecified atom stereocenters. The molecule has 144 valence electrons. The zero-order valence-corrected chi connectivity index (χ0v) is 15.8. The van der Waals surface area contributed by atoms with E-state index < -0.39 is 0 Å². The van der Waals surface area contributed by atoms with E-state index >= 15 is 0 Å². The first kappa shape index (κ1) is 19.5. The Morgan fingerprint density at radius 2 is 1.29 bits per heavy atom. The van der Waals surface area contributed by atoms with Crippen molar-refractivity contribution in [2.24, 2.45) is 0 Å². The van der Waals surface area contributed by atoms with Crippen molar-refractivity contribution < 1.29 is 14.3 Å². The topological polar surface area (TPSA) is 47.6 Å². The monoisotopic (exact) mass is 375 g/mol. The van der Waals surface area contributed by atoms with Gasteiger partial charge in [-0.05, 0) is 48.4 Å². The van der Waals surface area contributed by atoms with E-state index in [0.29, 0.717) is 25.3 Å². The molecule has 4 heteroatoms. The first-order valence-electron chi connectivity index (χ1n) is 9.54. The van der Waals surface area contributed by atoms with Crippen molar-refractivity contribution in [2.75, 3.05) is 19.8 Å². The summed E-state index contributed by atoms with van der Waals surface area (Å²) < 4.78 is 11.3. The number of carbonyl (C=O) groups excluding carboxylic acids is 1. The lowest BCUT2D eigenvalue weighted by Gasteiger charge is -2.09. The van der Waals surface area contributed by atoms with Crippen molar-refractivity contribution in [2.45, 2.75) is 12.8 Å². The van der Waals surface area contributed by atoms with Gasteiger partial charge in [0.15, 0.2) is 0 Å². The lowest BCUT2D eigenvalue weighted by atomic mass is 10.1. The van der Waals surface area contributed by atoms with Gasteiger partial charge in [0.1, 0.15) is 11.5 Å². The van der Waals surface area contributed by atoms with Crippen LogP contribution >= 0.6 is 0 Å². The Kier molecular flexibility index (Phi) is 7.50. The van der Waals surface area contributed by atoms with E-state index in [0.717, 1.165) is 24.3 Å². The number of carbonyl (C=O) groups is 1. The molecule has 0 saturated carbocycles. The number of nitrogens with one attached hydrogen (secondary N) is 1. The molecule has 28 heavy (non-hydrogen) atoms. The van der Waals surface area contributed by atoms with Crippen molar-refractivity contribution >= 4 is 5.91 Å². The lowest BCUT2D eigenvalue weighted by molar-refractivity contribution is 0.0954. The largest absolute Gasteiger partial charge is 0.493 e. The molecule has 3 aromatic carbocycles. The van der Waals surface area contributed by atoms with E-state index in [1.807, 2.05) is 60.7 Å². The molecule has 0 bridgehead atoms. The van der Waals surface area contributed by atoms with Crippen molar-refractivity contribution in [1.82, 2.24) is 5.32 Å². The van der Waals surface area contributed by atoms with Gasteiger partial charge in [-0.2, -0.15) is 0 Å². The number of hydrogen-bond donors (Lipinski definition) is 1. The van der Waals surface area contributed by atoms with Crippen LogP contribution in [-0.2, 0) is 6.42 Å². The van der Waals surface area contributed by atoms with Crippen LogP contribution in [0.5, 0.6) is 11.5 Å². The molecule has 0 aliphatic carbocycles. The number of hydrogen-bond acceptors (Lipinski definition) is 3. The van der Waals surface area contributed by atoms with E-state index in [9.17, 15) is 4.79 Å². The molecule has 1 N–H and O–H groups in total. The van der Waals surface area contributed by atoms with Crippen LogP contribution in [0.4, 0.5) is 0 Å². The second-order valence-electron chi connectivity index (χ2n) is 6.38. The maximum absolute atomic E-state index is 12.2. The van der Waals surface area contributed by atoms with Crippen molar-refractivity contribution in [1.29, 1.82) is 0 Å². The molecule has 4 nitrogen and oxygen atoms in total. The van der Waals surface area contributed by atoms with Crippen molar-refractivity contribution in [3.8, 4) is 11.5 Å². The zero-order chi connectivity index (χ0) is 19.4. The molecule has 3 rings (SSSR count). The van der Waals surface area contributed by atoms with Crippen molar-refractivity contribution in [3.63, 3.8) is 0 Å². The average molecular weight is 375 g/mol. The minimum absolute atomic E-state index is 0.0706. The summed E-state index contributed by atoms with van der Waals surface area (Å²) in [6, 6.07) is 27.1. The van der Waals surface area contributed by atoms with Gasteiger partial charge in [0.2, 0.25) is 0 Å². The maximum atomic E-state index is 12.2. The summed E-state index contributed by atoms with van der Waals surface area (Å²) in [5.74, 6) is 1.55. The summed E-state index contributed by atoms with van der Waals surface area (Å²) >= 11 is 0. The number of amides is 1. The Hall–Kier alpha value is -3.27. The predicted octanol–water partition coefficient (Wildman–Crippen LogP) is 4.51. The average Bonchev–Trinajstić information content (AvgIpc) is 2.75. The fourth-order valence-electron chi connectivity index (χ4n) is 2.73. The van der Waals surface area contributed by atoms with Crippen LogP contribution in [0.1, 0.15) is 22.3 Å². The van der Waals surface area contributed by atoms with Gasteiger partial charge in [-0.1, -0.05) is 48.5 Å². The van der Waals surface area contributed by atoms with Gasteiger partial charge in [0.05, 0.1) is 13.2 Å². The number of para-hydroxylation sites is 1. The predicted molar refractivity (Wildman–Crippen MR) is 111 cm³/mol. The zero-order valence-electron chi connectivity index (χ0n) is 15.8. The van der Waals surface area contributed by atoms with Gasteiger partial charge < -0.3 is 14.8 Å². The fraction of sp³-hybridized carbons (Fsp3) is 0.208. The summed E-state index contributed by atoms with van der Waals surface area (Å²) in [5, 5.41) is 2.95. The van der Waals surface area contributed by atoms with Crippen LogP contribution in [0.15, 0.2) is 84.9 Å². The Bertz CT molecular complexity index is 833. The molecule has 0 radical (unpaired) electrons. The second kappa shape index (κ2) is 10.8. The maximum Gasteiger partial charge on any atom is 0.251 e. The summed E-state index contributed by atoms with van der Waals surface area (Å²) in [7, 11) is 0. The van der Waals surface area contributed by atoms with E-state index in [2.05, 4.69) is 17.4 Å². The third kappa shape index (κ3) is 6.47. The van der Waals surface area contributed by atoms with Crippen LogP contribution < -0.4 is 14.8 Å². The number of rotatable bonds is 10. The molecule has 0 fully saturated rings. The smallest absolute Gasteiger partial charge is 0.251 e. The summed E-state index contributed by atoms with van der Waals surface area (Å²) in [5.41, 5.74) is 1.84. The Morgan fingerprint density at radius 1 is 0.714 bits per heavy atom. The minimum Gasteiger partial charge on any atom is -0.493 e. The first-order chi connectivity index (χ1) is 13.8. The molecule has 1 amide bonds. The van der Waals surface area contributed by atoms with Gasteiger partial charge in [-0.15, -0.1) is 0 Å². The standard InChI is InChI=1S/C24H25NO3/c26-24(25-17-16-20-8-3-1-4-9-20)21-12-14-23(15-13-21)28-19-7-18-27-22-10-5-2-6-11-22/h1-6,8-15H,7,16-19H2,(H,25,26). The molecular weight excluding hydrogens is 350 g/mol. The highest BCUT2D eigenvalue weighted by molar-refractivity contribution is 5.94. The summed E-state index contributed by atoms with van der Waals surface area (Å²) in [6.07, 6.45) is 1.61. The third-order valence-electron chi connectivity index (χ3n) is 4.23. The van der Waals surface area contributed by atoms with Crippen LogP contribution in [-0.4, -0.2) is 25.7 Å². The first-order valence-corrected chi connectivity index (χ1v) is 9.54. The van der Waals surface area contributed by atoms with Gasteiger partial charge in [0, 0.05) is 18.5 Å². The third-order valence-corrected chi connectivity index (χ3v) is 4.23. The highest BCUT2D eigenvalue weighted by Gasteiger charge is 2.05. The number of ether oxygens (including phenoxy) is 2. The van der Waals surface area contributed by atoms with Crippen LogP contribution in [0, 0.1) is 0 Å². The molecule has 0 aromatic heterocycles. The van der Waals surface area contributed by atoms with Gasteiger partial charge >= 0.3 is 0 Å². The van der Waals surface area contributed by atoms with E-state index in [1.54, 1.807) is 12.1 Å². The molecule has 0 aliphatic heterocycles. The Balaban J connectivity index is 1.34. The van der Waals surface area contributed by atoms with Crippen LogP contribution in [0.25, 0.3) is 0 Å². The molecule has 0 atom stereocenters. The highest BCUT2D eigenvalue weighted by Crippen LogP contribution is 2.13. The van der Waals surface area contributed by atoms with E-state index in [1.165, 1.54) is 5.56 Å². The fourth-order valence-corrected chi connectivity index (χ4v) is 2.73. The minimum atomic E-state index is -0.0706. The molecule has 0 heterocycles. The molecule has 0 spiro atoms. The molecule has 0 aliphatic rings. The highest BCUT2D eigenvalue weighted by atomic mass is 16.5. The molecular formula is C24H25NO3. The van der Waals surface area contributed by atoms with Gasteiger partial charge in [0.25, 0.3) is 5.91 Å². The quantitative estimate of drug-likeness (QED) is 0.531. The van der Waals surface area contributed by atoms with Gasteiger partial charge in [-0.3, -0.25) is 4.79 Å². The van der Waals surface area contributed by atoms with Crippen molar-refractivity contribution in [3.05, 3.63) is 96.1 Å². The SMILES string of the molecule is O=C(NCCc1ccccc1)c1ccc(OCCCOc2ccccc2)cc1. The van der Waals surface area contributed by atoms with Crippen LogP contribution in [0.3, 0.4) is 0 Å². The van der Waals surface area contributed by atoms with E-state index in [-0.39, 0.29) is 5.91 Å². The number of benzene rings is 3. The Morgan fingerprint density at radius 3 is 1.93 bits per heavy atom. The molecule has 0 saturated heterocycles. The lowest BCUT2D eigenvalue weighted by Crippen LogP contribution is -2.25. The van der Waals surface area contributed by atoms with Gasteiger partial charge in [-0.25, -0.2) is 0 Å².